The predicted molar refractivity (Wildman–Crippen MR) is 214 cm³/mol. The van der Waals surface area contributed by atoms with Crippen molar-refractivity contribution in [1.82, 2.24) is 0 Å². The lowest BCUT2D eigenvalue weighted by Crippen LogP contribution is -2.47. The van der Waals surface area contributed by atoms with E-state index in [4.69, 9.17) is 43.0 Å². The summed E-state index contributed by atoms with van der Waals surface area (Å²) in [4.78, 5) is 65.4. The van der Waals surface area contributed by atoms with Gasteiger partial charge in [0.2, 0.25) is 0 Å². The van der Waals surface area contributed by atoms with Gasteiger partial charge < -0.3 is 43.0 Å². The summed E-state index contributed by atoms with van der Waals surface area (Å²) in [6.45, 7) is 10.1. The van der Waals surface area contributed by atoms with Crippen molar-refractivity contribution < 1.29 is 67.0 Å². The Balaban J connectivity index is 2.38. The number of esters is 4. The summed E-state index contributed by atoms with van der Waals surface area (Å²) in [5.41, 5.74) is -2.91. The molecule has 1 N–H and O–H groups in total. The maximum atomic E-state index is 14.5. The lowest BCUT2D eigenvalue weighted by atomic mass is 9.61. The molecule has 0 saturated heterocycles. The van der Waals surface area contributed by atoms with Gasteiger partial charge in [-0.25, -0.2) is 0 Å². The number of rotatable bonds is 31. The largest absolute Gasteiger partial charge is 0.490 e. The second kappa shape index (κ2) is 26.5. The van der Waals surface area contributed by atoms with Crippen molar-refractivity contribution in [2.24, 2.45) is 16.2 Å². The Hall–Kier alpha value is -4.53. The molecule has 2 rings (SSSR count). The molecule has 3 atom stereocenters. The van der Waals surface area contributed by atoms with Gasteiger partial charge in [-0.2, -0.15) is 0 Å². The zero-order valence-corrected chi connectivity index (χ0v) is 35.1. The number of para-hydroxylation sites is 1. The molecule has 0 heterocycles. The van der Waals surface area contributed by atoms with Gasteiger partial charge in [-0.15, -0.1) is 0 Å². The van der Waals surface area contributed by atoms with Gasteiger partial charge >= 0.3 is 29.8 Å². The van der Waals surface area contributed by atoms with Crippen LogP contribution in [0.1, 0.15) is 91.0 Å². The highest BCUT2D eigenvalue weighted by molar-refractivity contribution is 5.83. The van der Waals surface area contributed by atoms with E-state index >= 15 is 0 Å². The van der Waals surface area contributed by atoms with Crippen LogP contribution in [0, 0.1) is 16.2 Å². The van der Waals surface area contributed by atoms with E-state index < -0.39 is 46.1 Å². The van der Waals surface area contributed by atoms with Gasteiger partial charge in [0, 0.05) is 7.11 Å². The second-order valence-corrected chi connectivity index (χ2v) is 15.2. The van der Waals surface area contributed by atoms with Gasteiger partial charge in [-0.3, -0.25) is 24.0 Å². The molecule has 0 fully saturated rings. The molecule has 14 nitrogen and oxygen atoms in total. The van der Waals surface area contributed by atoms with E-state index in [1.54, 1.807) is 40.0 Å². The molecule has 0 spiro atoms. The number of hydrogen-bond donors (Lipinski definition) is 1. The first-order chi connectivity index (χ1) is 27.7. The van der Waals surface area contributed by atoms with Crippen LogP contribution in [-0.2, 0) is 57.1 Å². The Kier molecular flexibility index (Phi) is 22.6. The lowest BCUT2D eigenvalue weighted by molar-refractivity contribution is -0.173. The number of aliphatic carboxylic acids is 1. The van der Waals surface area contributed by atoms with Gasteiger partial charge in [-0.1, -0.05) is 68.8 Å². The molecule has 14 heteroatoms. The molecule has 2 aromatic rings. The Morgan fingerprint density at radius 3 is 1.79 bits per heavy atom. The molecule has 0 aliphatic heterocycles. The third kappa shape index (κ3) is 18.4. The average molecular weight is 817 g/mol. The molecule has 2 aromatic carbocycles. The topological polar surface area (TPSA) is 179 Å². The van der Waals surface area contributed by atoms with Gasteiger partial charge in [-0.05, 0) is 70.1 Å². The summed E-state index contributed by atoms with van der Waals surface area (Å²) in [7, 11) is 1.59. The maximum absolute atomic E-state index is 14.5. The molecular formula is C44H64O14. The minimum absolute atomic E-state index is 0.0109. The number of benzene rings is 2. The predicted octanol–water partition coefficient (Wildman–Crippen LogP) is 6.58. The van der Waals surface area contributed by atoms with Crippen LogP contribution in [0.15, 0.2) is 60.7 Å². The highest BCUT2D eigenvalue weighted by atomic mass is 16.6. The summed E-state index contributed by atoms with van der Waals surface area (Å²) in [6, 6.07) is 18.8. The van der Waals surface area contributed by atoms with E-state index in [1.807, 2.05) is 62.4 Å². The summed E-state index contributed by atoms with van der Waals surface area (Å²) in [5, 5.41) is 8.87. The zero-order valence-electron chi connectivity index (χ0n) is 35.1. The first-order valence-electron chi connectivity index (χ1n) is 19.9. The smallest absolute Gasteiger partial charge is 0.312 e. The number of carboxylic acid groups (broad SMARTS) is 1. The molecule has 0 radical (unpaired) electrons. The van der Waals surface area contributed by atoms with E-state index in [-0.39, 0.29) is 90.7 Å². The van der Waals surface area contributed by atoms with Crippen molar-refractivity contribution in [2.45, 2.75) is 85.5 Å². The van der Waals surface area contributed by atoms with Crippen molar-refractivity contribution in [2.75, 3.05) is 73.2 Å². The molecule has 3 unspecified atom stereocenters. The van der Waals surface area contributed by atoms with Crippen LogP contribution in [0.3, 0.4) is 0 Å². The van der Waals surface area contributed by atoms with Crippen molar-refractivity contribution in [3.05, 3.63) is 66.2 Å². The van der Waals surface area contributed by atoms with E-state index in [9.17, 15) is 24.0 Å². The van der Waals surface area contributed by atoms with Crippen LogP contribution in [0.25, 0.3) is 0 Å². The third-order valence-corrected chi connectivity index (χ3v) is 9.56. The van der Waals surface area contributed by atoms with Crippen LogP contribution in [0.2, 0.25) is 0 Å². The fourth-order valence-electron chi connectivity index (χ4n) is 6.99. The van der Waals surface area contributed by atoms with Gasteiger partial charge in [0.25, 0.3) is 0 Å². The molecule has 0 aliphatic carbocycles. The highest BCUT2D eigenvalue weighted by Crippen LogP contribution is 2.50. The summed E-state index contributed by atoms with van der Waals surface area (Å²) in [6.07, 6.45) is 0.309. The van der Waals surface area contributed by atoms with Gasteiger partial charge in [0.1, 0.15) is 38.8 Å². The zero-order chi connectivity index (χ0) is 42.9. The minimum atomic E-state index is -1.37. The number of carbonyl (C=O) groups excluding carboxylic acids is 4. The number of hydrogen-bond acceptors (Lipinski definition) is 13. The first kappa shape index (κ1) is 49.6. The SMILES string of the molecule is CCCC(CC(C)(C)C(=O)OCCOc1ccccc1)(CC(C)(CC(C)c1ccccc1)C(=O)OCCOC(=O)CCC(=O)O)C(=O)OCCOCCOCCOC. The summed E-state index contributed by atoms with van der Waals surface area (Å²) in [5.74, 6) is -3.14. The molecule has 0 amide bonds. The number of carboxylic acids is 1. The summed E-state index contributed by atoms with van der Waals surface area (Å²) < 4.78 is 44.2. The molecule has 0 saturated carbocycles. The maximum Gasteiger partial charge on any atom is 0.312 e. The van der Waals surface area contributed by atoms with Crippen molar-refractivity contribution >= 4 is 29.8 Å². The van der Waals surface area contributed by atoms with E-state index in [2.05, 4.69) is 0 Å². The van der Waals surface area contributed by atoms with Crippen LogP contribution < -0.4 is 4.74 Å². The quantitative estimate of drug-likeness (QED) is 0.0490. The number of ether oxygens (including phenoxy) is 8. The fourth-order valence-corrected chi connectivity index (χ4v) is 6.99. The Bertz CT molecular complexity index is 1510. The van der Waals surface area contributed by atoms with Crippen LogP contribution in [0.5, 0.6) is 5.75 Å². The molecular weight excluding hydrogens is 752 g/mol. The fraction of sp³-hybridized carbons (Fsp3) is 0.614. The van der Waals surface area contributed by atoms with Crippen LogP contribution >= 0.6 is 0 Å². The summed E-state index contributed by atoms with van der Waals surface area (Å²) >= 11 is 0. The Labute approximate surface area is 343 Å². The minimum Gasteiger partial charge on any atom is -0.490 e. The van der Waals surface area contributed by atoms with E-state index in [0.717, 1.165) is 5.56 Å². The molecule has 0 aromatic heterocycles. The Morgan fingerprint density at radius 1 is 0.638 bits per heavy atom. The highest BCUT2D eigenvalue weighted by Gasteiger charge is 2.53. The second-order valence-electron chi connectivity index (χ2n) is 15.2. The molecule has 324 valence electrons. The first-order valence-corrected chi connectivity index (χ1v) is 19.9. The van der Waals surface area contributed by atoms with Crippen LogP contribution in [-0.4, -0.2) is 108 Å². The molecule has 0 bridgehead atoms. The average Bonchev–Trinajstić information content (AvgIpc) is 3.19. The van der Waals surface area contributed by atoms with E-state index in [1.165, 1.54) is 0 Å². The van der Waals surface area contributed by atoms with E-state index in [0.29, 0.717) is 32.0 Å². The van der Waals surface area contributed by atoms with Crippen LogP contribution in [0.4, 0.5) is 0 Å². The van der Waals surface area contributed by atoms with Gasteiger partial charge in [0.15, 0.2) is 0 Å². The lowest BCUT2D eigenvalue weighted by Gasteiger charge is -2.43. The molecule has 0 aliphatic rings. The van der Waals surface area contributed by atoms with Gasteiger partial charge in [0.05, 0.1) is 62.1 Å². The monoisotopic (exact) mass is 816 g/mol. The number of carbonyl (C=O) groups is 5. The standard InChI is InChI=1S/C44H64O14/c1-7-20-44(41(50)58-26-25-53-24-23-52-22-21-51-6,32-42(3,4)39(48)56-29-27-54-36-16-12-9-13-17-36)33-43(5,31-34(2)35-14-10-8-11-15-35)40(49)57-30-28-55-38(47)19-18-37(45)46/h8-17,34H,7,18-33H2,1-6H3,(H,45,46). The van der Waals surface area contributed by atoms with Crippen molar-refractivity contribution in [3.8, 4) is 5.75 Å². The molecule has 58 heavy (non-hydrogen) atoms. The number of methoxy groups -OCH3 is 1. The third-order valence-electron chi connectivity index (χ3n) is 9.56. The normalized spacial score (nSPS) is 14.0. The van der Waals surface area contributed by atoms with Crippen molar-refractivity contribution in [1.29, 1.82) is 0 Å². The van der Waals surface area contributed by atoms with Crippen molar-refractivity contribution in [3.63, 3.8) is 0 Å². The Morgan fingerprint density at radius 2 is 1.17 bits per heavy atom.